The van der Waals surface area contributed by atoms with Crippen molar-refractivity contribution in [2.24, 2.45) is 11.5 Å². The van der Waals surface area contributed by atoms with E-state index in [1.165, 1.54) is 38.5 Å². The molecule has 466 valence electrons. The summed E-state index contributed by atoms with van der Waals surface area (Å²) in [4.78, 5) is 75.3. The average molecular weight is 1180 g/mol. The third-order valence-corrected chi connectivity index (χ3v) is 15.2. The molecular weight excluding hydrogens is 1090 g/mol. The van der Waals surface area contributed by atoms with E-state index < -0.39 is 46.5 Å². The number of esters is 2. The number of benzene rings is 4. The lowest BCUT2D eigenvalue weighted by atomic mass is 10.0. The van der Waals surface area contributed by atoms with Crippen LogP contribution in [0.15, 0.2) is 84.9 Å². The molecule has 0 radical (unpaired) electrons. The Morgan fingerprint density at radius 1 is 0.407 bits per heavy atom. The van der Waals surface area contributed by atoms with Crippen LogP contribution in [0, 0.1) is 13.8 Å². The Balaban J connectivity index is 0.847. The molecule has 16 nitrogen and oxygen atoms in total. The topological polar surface area (TPSA) is 220 Å². The summed E-state index contributed by atoms with van der Waals surface area (Å²) in [6.45, 7) is 16.2. The van der Waals surface area contributed by atoms with E-state index in [0.717, 1.165) is 124 Å². The van der Waals surface area contributed by atoms with Crippen LogP contribution in [0.2, 0.25) is 0 Å². The number of nitrogens with two attached hydrogens (primary N) is 2. The van der Waals surface area contributed by atoms with Gasteiger partial charge in [0.1, 0.15) is 22.7 Å². The van der Waals surface area contributed by atoms with E-state index in [9.17, 15) is 28.8 Å². The number of nitrogens with zero attached hydrogens (tertiary/aromatic N) is 2. The van der Waals surface area contributed by atoms with Crippen molar-refractivity contribution >= 4 is 57.1 Å². The van der Waals surface area contributed by atoms with Crippen molar-refractivity contribution in [2.75, 3.05) is 26.4 Å². The Hall–Kier alpha value is -7.62. The smallest absolute Gasteiger partial charge is 0.344 e. The number of hydrogen-bond donors (Lipinski definition) is 2. The molecule has 0 aliphatic rings. The van der Waals surface area contributed by atoms with Gasteiger partial charge in [0.25, 0.3) is 23.4 Å². The molecule has 0 fully saturated rings. The normalized spacial score (nSPS) is 11.7. The standard InChI is InChI=1S/C70H94N4O12/c1-49-60(64(77)67(71)79)62-53(38-33-40-55(62)83-47-58(75)85-69(3,4)5)73(49)43-28-21-17-13-9-11-15-19-23-30-45-81-57-42-32-37-52(51-35-26-25-27-36-51)66(57)82-46-31-24-20-16-12-10-14-18-22-29-44-74-50(2)61(65(78)68(72)80)63-54(74)39-34-41-56(63)84-48-59(76)86-70(6,7)8/h25-27,32-42H,9-24,28-31,43-48H2,1-8H3,(H2,71,79)(H2,72,80). The van der Waals surface area contributed by atoms with Crippen LogP contribution in [0.4, 0.5) is 0 Å². The van der Waals surface area contributed by atoms with Crippen molar-refractivity contribution in [2.45, 2.75) is 208 Å². The Morgan fingerprint density at radius 2 is 0.767 bits per heavy atom. The van der Waals surface area contributed by atoms with Crippen molar-refractivity contribution in [3.8, 4) is 34.1 Å². The van der Waals surface area contributed by atoms with Crippen LogP contribution in [-0.4, -0.2) is 82.1 Å². The molecule has 0 aliphatic carbocycles. The maximum atomic E-state index is 13.1. The fraction of sp³-hybridized carbons (Fsp3) is 0.514. The van der Waals surface area contributed by atoms with Crippen LogP contribution >= 0.6 is 0 Å². The van der Waals surface area contributed by atoms with Gasteiger partial charge >= 0.3 is 11.9 Å². The summed E-state index contributed by atoms with van der Waals surface area (Å²) >= 11 is 0. The number of primary amides is 2. The average Bonchev–Trinajstić information content (AvgIpc) is 1.72. The predicted octanol–water partition coefficient (Wildman–Crippen LogP) is 14.6. The van der Waals surface area contributed by atoms with Gasteiger partial charge in [-0.1, -0.05) is 157 Å². The summed E-state index contributed by atoms with van der Waals surface area (Å²) in [6, 6.07) is 27.3. The van der Waals surface area contributed by atoms with Crippen molar-refractivity contribution in [3.05, 3.63) is 107 Å². The van der Waals surface area contributed by atoms with Crippen molar-refractivity contribution in [1.82, 2.24) is 9.13 Å². The van der Waals surface area contributed by atoms with Gasteiger partial charge in [-0.15, -0.1) is 0 Å². The SMILES string of the molecule is Cc1c(C(=O)C(N)=O)c2c(OCC(=O)OC(C)(C)C)cccc2n1CCCCCCCCCCCCOc1cccc(-c2ccccc2)c1OCCCCCCCCCCCCn1c(C)c(C(=O)C(N)=O)c2c(OCC(=O)OC(C)(C)C)cccc21. The number of para-hydroxylation sites is 1. The molecule has 0 aliphatic heterocycles. The second-order valence-corrected chi connectivity index (χ2v) is 24.4. The monoisotopic (exact) mass is 1180 g/mol. The van der Waals surface area contributed by atoms with Gasteiger partial charge in [0.05, 0.1) is 46.1 Å². The minimum atomic E-state index is -1.04. The summed E-state index contributed by atoms with van der Waals surface area (Å²) in [5, 5.41) is 0.956. The van der Waals surface area contributed by atoms with Gasteiger partial charge in [-0.3, -0.25) is 19.2 Å². The van der Waals surface area contributed by atoms with E-state index in [-0.39, 0.29) is 24.3 Å². The first-order valence-electron chi connectivity index (χ1n) is 31.2. The van der Waals surface area contributed by atoms with Crippen LogP contribution < -0.4 is 30.4 Å². The molecule has 0 saturated carbocycles. The van der Waals surface area contributed by atoms with Gasteiger partial charge in [0.15, 0.2) is 24.7 Å². The number of fused-ring (bicyclic) bond motifs is 2. The van der Waals surface area contributed by atoms with Crippen LogP contribution in [0.5, 0.6) is 23.0 Å². The molecule has 2 aromatic heterocycles. The van der Waals surface area contributed by atoms with Crippen molar-refractivity contribution in [1.29, 1.82) is 0 Å². The fourth-order valence-electron chi connectivity index (χ4n) is 11.2. The number of unbranched alkanes of at least 4 members (excludes halogenated alkanes) is 18. The summed E-state index contributed by atoms with van der Waals surface area (Å²) in [5.74, 6) is -2.47. The molecule has 86 heavy (non-hydrogen) atoms. The molecule has 0 bridgehead atoms. The molecule has 6 rings (SSSR count). The van der Waals surface area contributed by atoms with Crippen LogP contribution in [0.1, 0.15) is 202 Å². The van der Waals surface area contributed by atoms with Gasteiger partial charge in [-0.05, 0) is 117 Å². The Bertz CT molecular complexity index is 3220. The van der Waals surface area contributed by atoms with Crippen LogP contribution in [-0.2, 0) is 41.7 Å². The highest BCUT2D eigenvalue weighted by atomic mass is 16.6. The molecule has 6 aromatic rings. The number of ketones is 2. The first-order chi connectivity index (χ1) is 41.2. The quantitative estimate of drug-likeness (QED) is 0.0159. The lowest BCUT2D eigenvalue weighted by Gasteiger charge is -2.19. The number of carbonyl (C=O) groups is 6. The molecule has 0 spiro atoms. The molecule has 2 heterocycles. The molecule has 0 atom stereocenters. The molecule has 16 heteroatoms. The van der Waals surface area contributed by atoms with Gasteiger partial charge < -0.3 is 49.0 Å². The second kappa shape index (κ2) is 33.3. The van der Waals surface area contributed by atoms with Crippen LogP contribution in [0.3, 0.4) is 0 Å². The number of hydrogen-bond acceptors (Lipinski definition) is 12. The van der Waals surface area contributed by atoms with E-state index in [1.54, 1.807) is 53.7 Å². The Kier molecular flexibility index (Phi) is 26.2. The highest BCUT2D eigenvalue weighted by Crippen LogP contribution is 2.40. The van der Waals surface area contributed by atoms with Gasteiger partial charge in [-0.2, -0.15) is 0 Å². The van der Waals surface area contributed by atoms with Gasteiger partial charge in [-0.25, -0.2) is 9.59 Å². The second-order valence-electron chi connectivity index (χ2n) is 24.4. The largest absolute Gasteiger partial charge is 0.490 e. The van der Waals surface area contributed by atoms with E-state index in [1.807, 2.05) is 77.6 Å². The fourth-order valence-corrected chi connectivity index (χ4v) is 11.2. The molecule has 0 saturated heterocycles. The van der Waals surface area contributed by atoms with Gasteiger partial charge in [0.2, 0.25) is 0 Å². The summed E-state index contributed by atoms with van der Waals surface area (Å²) < 4.78 is 39.6. The molecular formula is C70H94N4O12. The van der Waals surface area contributed by atoms with E-state index >= 15 is 0 Å². The third kappa shape index (κ3) is 20.3. The van der Waals surface area contributed by atoms with E-state index in [2.05, 4.69) is 18.2 Å². The molecule has 2 amide bonds. The Labute approximate surface area is 508 Å². The lowest BCUT2D eigenvalue weighted by molar-refractivity contribution is -0.158. The maximum absolute atomic E-state index is 13.1. The predicted molar refractivity (Wildman–Crippen MR) is 338 cm³/mol. The number of rotatable bonds is 39. The van der Waals surface area contributed by atoms with E-state index in [0.29, 0.717) is 60.0 Å². The van der Waals surface area contributed by atoms with Gasteiger partial charge in [0, 0.05) is 30.0 Å². The number of ether oxygens (including phenoxy) is 6. The van der Waals surface area contributed by atoms with Crippen molar-refractivity contribution < 1.29 is 57.2 Å². The van der Waals surface area contributed by atoms with Crippen LogP contribution in [0.25, 0.3) is 32.9 Å². The zero-order valence-corrected chi connectivity index (χ0v) is 52.4. The number of Topliss-reactive ketones (excluding diaryl/α,β-unsaturated/α-hetero) is 2. The number of amides is 2. The summed E-state index contributed by atoms with van der Waals surface area (Å²) in [7, 11) is 0. The first-order valence-corrected chi connectivity index (χ1v) is 31.2. The Morgan fingerprint density at radius 3 is 1.16 bits per heavy atom. The minimum Gasteiger partial charge on any atom is -0.490 e. The maximum Gasteiger partial charge on any atom is 0.344 e. The zero-order chi connectivity index (χ0) is 62.2. The number of aromatic nitrogens is 2. The molecule has 4 N–H and O–H groups in total. The first kappa shape index (κ1) is 67.5. The number of aryl methyl sites for hydroxylation is 2. The zero-order valence-electron chi connectivity index (χ0n) is 52.4. The minimum absolute atomic E-state index is 0.209. The van der Waals surface area contributed by atoms with E-state index in [4.69, 9.17) is 39.9 Å². The lowest BCUT2D eigenvalue weighted by Crippen LogP contribution is -2.27. The molecule has 0 unspecified atom stereocenters. The molecule has 4 aromatic carbocycles. The number of carbonyl (C=O) groups excluding carboxylic acids is 6. The summed E-state index contributed by atoms with van der Waals surface area (Å²) in [6.07, 6.45) is 21.9. The highest BCUT2D eigenvalue weighted by Gasteiger charge is 2.29. The highest BCUT2D eigenvalue weighted by molar-refractivity contribution is 6.45. The summed E-state index contributed by atoms with van der Waals surface area (Å²) in [5.41, 5.74) is 15.0. The third-order valence-electron chi connectivity index (χ3n) is 15.2. The van der Waals surface area contributed by atoms with Crippen molar-refractivity contribution in [3.63, 3.8) is 0 Å².